The van der Waals surface area contributed by atoms with E-state index in [0.29, 0.717) is 29.6 Å². The summed E-state index contributed by atoms with van der Waals surface area (Å²) in [5.41, 5.74) is 1.88. The first-order valence-corrected chi connectivity index (χ1v) is 13.6. The van der Waals surface area contributed by atoms with Crippen LogP contribution in [0.4, 0.5) is 8.78 Å². The van der Waals surface area contributed by atoms with Gasteiger partial charge in [-0.3, -0.25) is 0 Å². The number of ether oxygens (including phenoxy) is 2. The Labute approximate surface area is 224 Å². The van der Waals surface area contributed by atoms with Crippen LogP contribution in [0.1, 0.15) is 28.7 Å². The molecule has 5 heteroatoms. The summed E-state index contributed by atoms with van der Waals surface area (Å²) in [5, 5.41) is 0. The lowest BCUT2D eigenvalue weighted by Gasteiger charge is -2.37. The van der Waals surface area contributed by atoms with E-state index in [2.05, 4.69) is 59.0 Å². The van der Waals surface area contributed by atoms with Gasteiger partial charge in [0, 0.05) is 22.0 Å². The van der Waals surface area contributed by atoms with Gasteiger partial charge in [0.1, 0.15) is 22.8 Å². The summed E-state index contributed by atoms with van der Waals surface area (Å²) in [6.07, 6.45) is 0.590. The predicted octanol–water partition coefficient (Wildman–Crippen LogP) is 7.64. The highest BCUT2D eigenvalue weighted by molar-refractivity contribution is 14.1. The average molecular weight is 596 g/mol. The normalized spacial score (nSPS) is 19.9. The van der Waals surface area contributed by atoms with Crippen molar-refractivity contribution in [2.24, 2.45) is 5.92 Å². The molecule has 5 rings (SSSR count). The summed E-state index contributed by atoms with van der Waals surface area (Å²) in [6.45, 7) is 0.855. The quantitative estimate of drug-likeness (QED) is 0.118. The molecule has 4 aromatic rings. The highest BCUT2D eigenvalue weighted by atomic mass is 127. The van der Waals surface area contributed by atoms with Crippen LogP contribution in [0.15, 0.2) is 109 Å². The predicted molar refractivity (Wildman–Crippen MR) is 146 cm³/mol. The van der Waals surface area contributed by atoms with E-state index in [9.17, 15) is 8.78 Å². The van der Waals surface area contributed by atoms with Crippen molar-refractivity contribution >= 4 is 22.6 Å². The Morgan fingerprint density at radius 1 is 0.806 bits per heavy atom. The van der Waals surface area contributed by atoms with E-state index in [4.69, 9.17) is 9.47 Å². The maximum atomic E-state index is 14.7. The third kappa shape index (κ3) is 4.72. The van der Waals surface area contributed by atoms with Crippen LogP contribution in [0.5, 0.6) is 0 Å². The molecule has 0 aromatic heterocycles. The van der Waals surface area contributed by atoms with Crippen LogP contribution in [0.3, 0.4) is 0 Å². The van der Waals surface area contributed by atoms with Gasteiger partial charge in [-0.25, -0.2) is 8.78 Å². The second kappa shape index (κ2) is 10.8. The van der Waals surface area contributed by atoms with Crippen LogP contribution in [0.2, 0.25) is 0 Å². The molecule has 0 radical (unpaired) electrons. The summed E-state index contributed by atoms with van der Waals surface area (Å²) in [5.74, 6) is -1.11. The van der Waals surface area contributed by atoms with Gasteiger partial charge in [-0.15, -0.1) is 0 Å². The van der Waals surface area contributed by atoms with Crippen molar-refractivity contribution in [3.8, 4) is 0 Å². The zero-order valence-electron chi connectivity index (χ0n) is 19.7. The molecule has 0 N–H and O–H groups in total. The van der Waals surface area contributed by atoms with Crippen molar-refractivity contribution in [1.29, 1.82) is 0 Å². The van der Waals surface area contributed by atoms with Crippen LogP contribution < -0.4 is 0 Å². The van der Waals surface area contributed by atoms with Gasteiger partial charge in [-0.1, -0.05) is 120 Å². The summed E-state index contributed by atoms with van der Waals surface area (Å²) >= 11 is 2.23. The van der Waals surface area contributed by atoms with Crippen LogP contribution in [0, 0.1) is 17.6 Å². The van der Waals surface area contributed by atoms with Gasteiger partial charge in [-0.05, 0) is 29.2 Å². The van der Waals surface area contributed by atoms with Gasteiger partial charge in [-0.2, -0.15) is 0 Å². The van der Waals surface area contributed by atoms with Crippen molar-refractivity contribution in [3.05, 3.63) is 143 Å². The molecule has 0 aliphatic carbocycles. The molecule has 36 heavy (non-hydrogen) atoms. The minimum atomic E-state index is -0.819. The topological polar surface area (TPSA) is 18.5 Å². The number of halogens is 3. The van der Waals surface area contributed by atoms with E-state index in [1.165, 1.54) is 12.1 Å². The fourth-order valence-electron chi connectivity index (χ4n) is 5.19. The highest BCUT2D eigenvalue weighted by Crippen LogP contribution is 2.45. The minimum Gasteiger partial charge on any atom is -0.369 e. The van der Waals surface area contributed by atoms with Gasteiger partial charge in [0.15, 0.2) is 0 Å². The van der Waals surface area contributed by atoms with E-state index in [1.807, 2.05) is 54.6 Å². The Balaban J connectivity index is 1.50. The fraction of sp³-hybridized carbons (Fsp3) is 0.226. The Morgan fingerprint density at radius 2 is 1.33 bits per heavy atom. The smallest absolute Gasteiger partial charge is 0.143 e. The van der Waals surface area contributed by atoms with Gasteiger partial charge in [0.25, 0.3) is 0 Å². The van der Waals surface area contributed by atoms with Gasteiger partial charge < -0.3 is 9.47 Å². The molecule has 4 aromatic carbocycles. The third-order valence-electron chi connectivity index (χ3n) is 6.93. The summed E-state index contributed by atoms with van der Waals surface area (Å²) in [7, 11) is 0. The second-order valence-corrected chi connectivity index (χ2v) is 9.99. The van der Waals surface area contributed by atoms with Crippen LogP contribution in [-0.4, -0.2) is 17.6 Å². The van der Waals surface area contributed by atoms with Crippen molar-refractivity contribution in [2.75, 3.05) is 17.6 Å². The average Bonchev–Trinajstić information content (AvgIpc) is 3.35. The molecule has 2 unspecified atom stereocenters. The van der Waals surface area contributed by atoms with E-state index in [1.54, 1.807) is 0 Å². The maximum Gasteiger partial charge on any atom is 0.143 e. The maximum absolute atomic E-state index is 14.7. The van der Waals surface area contributed by atoms with Gasteiger partial charge in [0.2, 0.25) is 0 Å². The molecule has 2 nitrogen and oxygen atoms in total. The van der Waals surface area contributed by atoms with E-state index < -0.39 is 22.8 Å². The molecule has 1 fully saturated rings. The van der Waals surface area contributed by atoms with Crippen molar-refractivity contribution in [3.63, 3.8) is 0 Å². The minimum absolute atomic E-state index is 0.0414. The zero-order valence-corrected chi connectivity index (χ0v) is 21.9. The molecule has 0 amide bonds. The Kier molecular flexibility index (Phi) is 7.51. The van der Waals surface area contributed by atoms with Gasteiger partial charge in [0.05, 0.1) is 13.2 Å². The number of alkyl halides is 1. The largest absolute Gasteiger partial charge is 0.369 e. The van der Waals surface area contributed by atoms with Crippen molar-refractivity contribution in [2.45, 2.75) is 17.6 Å². The molecule has 2 atom stereocenters. The molecule has 1 aliphatic heterocycles. The first-order chi connectivity index (χ1) is 17.6. The molecule has 1 aliphatic rings. The molecule has 1 heterocycles. The summed E-state index contributed by atoms with van der Waals surface area (Å²) in [4.78, 5) is 0. The van der Waals surface area contributed by atoms with E-state index in [-0.39, 0.29) is 5.92 Å². The molecule has 184 valence electrons. The number of hydrogen-bond acceptors (Lipinski definition) is 2. The van der Waals surface area contributed by atoms with Gasteiger partial charge >= 0.3 is 0 Å². The Hall–Kier alpha value is -2.61. The third-order valence-corrected chi connectivity index (χ3v) is 8.16. The number of hydrogen-bond donors (Lipinski definition) is 0. The van der Waals surface area contributed by atoms with Crippen LogP contribution in [-0.2, 0) is 20.7 Å². The highest BCUT2D eigenvalue weighted by Gasteiger charge is 2.45. The SMILES string of the molecule is Fc1ccc(C2(CI)CC(COC(c3ccccc3)(c3ccccc3)c3ccccc3)CO2)c(F)c1. The molecule has 1 saturated heterocycles. The lowest BCUT2D eigenvalue weighted by atomic mass is 9.80. The van der Waals surface area contributed by atoms with E-state index in [0.717, 1.165) is 22.8 Å². The lowest BCUT2D eigenvalue weighted by Crippen LogP contribution is -2.35. The number of benzene rings is 4. The van der Waals surface area contributed by atoms with E-state index >= 15 is 0 Å². The van der Waals surface area contributed by atoms with Crippen molar-refractivity contribution < 1.29 is 18.3 Å². The molecule has 0 bridgehead atoms. The molecular weight excluding hydrogens is 569 g/mol. The standard InChI is InChI=1S/C31H27F2IO2/c32-27-16-17-28(29(33)18-27)30(22-34)19-23(20-35-30)21-36-31(24-10-4-1-5-11-24,25-12-6-2-7-13-25)26-14-8-3-9-15-26/h1-18,23H,19-22H2. The number of rotatable bonds is 8. The summed E-state index contributed by atoms with van der Waals surface area (Å²) in [6, 6.07) is 34.4. The lowest BCUT2D eigenvalue weighted by molar-refractivity contribution is -0.0127. The molecule has 0 saturated carbocycles. The Bertz CT molecular complexity index is 1190. The van der Waals surface area contributed by atoms with Crippen LogP contribution >= 0.6 is 22.6 Å². The first kappa shape index (κ1) is 25.1. The zero-order chi connectivity index (χ0) is 25.0. The first-order valence-electron chi connectivity index (χ1n) is 12.0. The Morgan fingerprint density at radius 3 is 1.81 bits per heavy atom. The second-order valence-electron chi connectivity index (χ2n) is 9.22. The van der Waals surface area contributed by atoms with Crippen molar-refractivity contribution in [1.82, 2.24) is 0 Å². The monoisotopic (exact) mass is 596 g/mol. The van der Waals surface area contributed by atoms with Crippen LogP contribution in [0.25, 0.3) is 0 Å². The molecular formula is C31H27F2IO2. The fourth-order valence-corrected chi connectivity index (χ4v) is 6.13. The summed E-state index contributed by atoms with van der Waals surface area (Å²) < 4.78 is 42.1. The molecule has 0 spiro atoms.